The van der Waals surface area contributed by atoms with E-state index >= 15 is 0 Å². The Balaban J connectivity index is 1.82. The molecule has 0 saturated heterocycles. The topological polar surface area (TPSA) is 63.2 Å². The molecule has 24 heavy (non-hydrogen) atoms. The molecule has 0 aliphatic heterocycles. The number of Topliss-reactive ketones (excluding diaryl/α,β-unsaturated/α-hetero) is 1. The Kier molecular flexibility index (Phi) is 4.90. The maximum absolute atomic E-state index is 12.7. The van der Waals surface area contributed by atoms with E-state index in [4.69, 9.17) is 0 Å². The summed E-state index contributed by atoms with van der Waals surface area (Å²) in [6, 6.07) is 8.30. The largest absolute Gasteiger partial charge is 0.295 e. The second-order valence-electron chi connectivity index (χ2n) is 6.41. The van der Waals surface area contributed by atoms with Crippen LogP contribution in [0.3, 0.4) is 0 Å². The first-order valence-corrected chi connectivity index (χ1v) is 10.5. The Labute approximate surface area is 147 Å². The highest BCUT2D eigenvalue weighted by Gasteiger charge is 2.37. The second kappa shape index (κ2) is 6.78. The molecule has 1 aliphatic rings. The summed E-state index contributed by atoms with van der Waals surface area (Å²) in [6.07, 6.45) is 4.24. The van der Waals surface area contributed by atoms with E-state index in [1.165, 1.54) is 24.6 Å². The van der Waals surface area contributed by atoms with Crippen LogP contribution in [0.1, 0.15) is 48.5 Å². The SMILES string of the molecule is CC(=O)c1cccc(S(=O)(=O)NCC2(c3ccsc3)CCCC2)c1. The van der Waals surface area contributed by atoms with Gasteiger partial charge in [0.05, 0.1) is 4.90 Å². The minimum atomic E-state index is -3.63. The molecule has 0 unspecified atom stereocenters. The van der Waals surface area contributed by atoms with Crippen molar-refractivity contribution in [3.8, 4) is 0 Å². The van der Waals surface area contributed by atoms with Crippen molar-refractivity contribution < 1.29 is 13.2 Å². The van der Waals surface area contributed by atoms with Gasteiger partial charge in [-0.3, -0.25) is 4.79 Å². The van der Waals surface area contributed by atoms with E-state index < -0.39 is 10.0 Å². The molecule has 1 N–H and O–H groups in total. The van der Waals surface area contributed by atoms with Crippen LogP contribution in [0, 0.1) is 0 Å². The number of rotatable bonds is 6. The zero-order chi connectivity index (χ0) is 17.2. The molecule has 2 aromatic rings. The van der Waals surface area contributed by atoms with E-state index in [0.29, 0.717) is 12.1 Å². The third-order valence-electron chi connectivity index (χ3n) is 4.85. The predicted molar refractivity (Wildman–Crippen MR) is 96.1 cm³/mol. The Morgan fingerprint density at radius 3 is 2.62 bits per heavy atom. The summed E-state index contributed by atoms with van der Waals surface area (Å²) in [5.41, 5.74) is 1.53. The van der Waals surface area contributed by atoms with Crippen molar-refractivity contribution in [2.45, 2.75) is 42.9 Å². The molecule has 4 nitrogen and oxygen atoms in total. The predicted octanol–water partition coefficient (Wildman–Crippen LogP) is 3.74. The summed E-state index contributed by atoms with van der Waals surface area (Å²) >= 11 is 1.65. The van der Waals surface area contributed by atoms with Gasteiger partial charge in [0.2, 0.25) is 10.0 Å². The average Bonchev–Trinajstić information content (AvgIpc) is 3.25. The van der Waals surface area contributed by atoms with Gasteiger partial charge in [0.15, 0.2) is 5.78 Å². The smallest absolute Gasteiger partial charge is 0.240 e. The lowest BCUT2D eigenvalue weighted by atomic mass is 9.81. The normalized spacial score (nSPS) is 17.0. The van der Waals surface area contributed by atoms with Crippen LogP contribution in [0.5, 0.6) is 0 Å². The maximum Gasteiger partial charge on any atom is 0.240 e. The third-order valence-corrected chi connectivity index (χ3v) is 6.93. The van der Waals surface area contributed by atoms with Crippen molar-refractivity contribution in [2.24, 2.45) is 0 Å². The van der Waals surface area contributed by atoms with Gasteiger partial charge in [-0.15, -0.1) is 0 Å². The van der Waals surface area contributed by atoms with Crippen LogP contribution in [-0.2, 0) is 15.4 Å². The van der Waals surface area contributed by atoms with Crippen LogP contribution < -0.4 is 4.72 Å². The first-order chi connectivity index (χ1) is 11.4. The molecular formula is C18H21NO3S2. The van der Waals surface area contributed by atoms with E-state index in [2.05, 4.69) is 16.2 Å². The first kappa shape index (κ1) is 17.3. The summed E-state index contributed by atoms with van der Waals surface area (Å²) in [5, 5.41) is 4.16. The molecule has 1 heterocycles. The fourth-order valence-electron chi connectivity index (χ4n) is 3.38. The molecule has 128 valence electrons. The highest BCUT2D eigenvalue weighted by Crippen LogP contribution is 2.41. The van der Waals surface area contributed by atoms with Gasteiger partial charge < -0.3 is 0 Å². The van der Waals surface area contributed by atoms with Gasteiger partial charge in [-0.1, -0.05) is 25.0 Å². The molecule has 1 aromatic carbocycles. The number of ketones is 1. The van der Waals surface area contributed by atoms with Crippen molar-refractivity contribution >= 4 is 27.1 Å². The molecule has 0 atom stereocenters. The quantitative estimate of drug-likeness (QED) is 0.795. The Hall–Kier alpha value is -1.50. The van der Waals surface area contributed by atoms with Gasteiger partial charge in [-0.2, -0.15) is 11.3 Å². The fraction of sp³-hybridized carbons (Fsp3) is 0.389. The van der Waals surface area contributed by atoms with Crippen molar-refractivity contribution in [3.63, 3.8) is 0 Å². The molecule has 0 radical (unpaired) electrons. The number of sulfonamides is 1. The molecule has 1 aliphatic carbocycles. The van der Waals surface area contributed by atoms with Crippen LogP contribution in [0.15, 0.2) is 46.0 Å². The molecule has 6 heteroatoms. The summed E-state index contributed by atoms with van der Waals surface area (Å²) in [7, 11) is -3.63. The standard InChI is InChI=1S/C18H21NO3S2/c1-14(20)15-5-4-6-17(11-15)24(21,22)19-13-18(8-2-3-9-18)16-7-10-23-12-16/h4-7,10-12,19H,2-3,8-9,13H2,1H3. The minimum Gasteiger partial charge on any atom is -0.295 e. The Morgan fingerprint density at radius 1 is 1.25 bits per heavy atom. The van der Waals surface area contributed by atoms with E-state index in [1.54, 1.807) is 23.5 Å². The molecule has 1 saturated carbocycles. The lowest BCUT2D eigenvalue weighted by Crippen LogP contribution is -2.38. The Morgan fingerprint density at radius 2 is 2.00 bits per heavy atom. The number of thiophene rings is 1. The van der Waals surface area contributed by atoms with Gasteiger partial charge in [0.1, 0.15) is 0 Å². The highest BCUT2D eigenvalue weighted by molar-refractivity contribution is 7.89. The number of carbonyl (C=O) groups is 1. The molecule has 1 aromatic heterocycles. The first-order valence-electron chi connectivity index (χ1n) is 8.06. The van der Waals surface area contributed by atoms with Gasteiger partial charge in [0, 0.05) is 17.5 Å². The van der Waals surface area contributed by atoms with Crippen molar-refractivity contribution in [1.29, 1.82) is 0 Å². The zero-order valence-corrected chi connectivity index (χ0v) is 15.3. The van der Waals surface area contributed by atoms with Crippen LogP contribution >= 0.6 is 11.3 Å². The fourth-order valence-corrected chi connectivity index (χ4v) is 5.34. The monoisotopic (exact) mass is 363 g/mol. The van der Waals surface area contributed by atoms with E-state index in [1.807, 2.05) is 5.38 Å². The van der Waals surface area contributed by atoms with Crippen molar-refractivity contribution in [1.82, 2.24) is 4.72 Å². The summed E-state index contributed by atoms with van der Waals surface area (Å²) in [5.74, 6) is -0.141. The maximum atomic E-state index is 12.7. The average molecular weight is 364 g/mol. The highest BCUT2D eigenvalue weighted by atomic mass is 32.2. The van der Waals surface area contributed by atoms with Gasteiger partial charge in [0.25, 0.3) is 0 Å². The van der Waals surface area contributed by atoms with Crippen LogP contribution in [0.25, 0.3) is 0 Å². The number of nitrogens with one attached hydrogen (secondary N) is 1. The van der Waals surface area contributed by atoms with Gasteiger partial charge in [-0.05, 0) is 54.3 Å². The molecule has 3 rings (SSSR count). The molecular weight excluding hydrogens is 342 g/mol. The van der Waals surface area contributed by atoms with Crippen molar-refractivity contribution in [3.05, 3.63) is 52.2 Å². The van der Waals surface area contributed by atoms with Gasteiger partial charge >= 0.3 is 0 Å². The summed E-state index contributed by atoms with van der Waals surface area (Å²) in [4.78, 5) is 11.6. The van der Waals surface area contributed by atoms with Crippen LogP contribution in [-0.4, -0.2) is 20.7 Å². The molecule has 0 amide bonds. The van der Waals surface area contributed by atoms with E-state index in [9.17, 15) is 13.2 Å². The number of hydrogen-bond donors (Lipinski definition) is 1. The molecule has 0 spiro atoms. The number of hydrogen-bond acceptors (Lipinski definition) is 4. The van der Waals surface area contributed by atoms with E-state index in [-0.39, 0.29) is 16.1 Å². The van der Waals surface area contributed by atoms with Crippen LogP contribution in [0.2, 0.25) is 0 Å². The Bertz CT molecular complexity index is 820. The zero-order valence-electron chi connectivity index (χ0n) is 13.6. The lowest BCUT2D eigenvalue weighted by molar-refractivity contribution is 0.101. The second-order valence-corrected chi connectivity index (χ2v) is 8.96. The van der Waals surface area contributed by atoms with Gasteiger partial charge in [-0.25, -0.2) is 13.1 Å². The summed E-state index contributed by atoms with van der Waals surface area (Å²) in [6.45, 7) is 1.83. The third kappa shape index (κ3) is 3.45. The minimum absolute atomic E-state index is 0.106. The van der Waals surface area contributed by atoms with Crippen LogP contribution in [0.4, 0.5) is 0 Å². The lowest BCUT2D eigenvalue weighted by Gasteiger charge is -2.28. The molecule has 1 fully saturated rings. The molecule has 0 bridgehead atoms. The van der Waals surface area contributed by atoms with E-state index in [0.717, 1.165) is 25.7 Å². The van der Waals surface area contributed by atoms with Crippen molar-refractivity contribution in [2.75, 3.05) is 6.54 Å². The number of benzene rings is 1. The number of carbonyl (C=O) groups excluding carboxylic acids is 1. The summed E-state index contributed by atoms with van der Waals surface area (Å²) < 4.78 is 28.1.